The number of para-hydroxylation sites is 1. The van der Waals surface area contributed by atoms with Crippen LogP contribution in [0.5, 0.6) is 0 Å². The number of amides is 2. The van der Waals surface area contributed by atoms with Crippen molar-refractivity contribution in [2.75, 3.05) is 11.9 Å². The van der Waals surface area contributed by atoms with Crippen molar-refractivity contribution < 1.29 is 14.9 Å². The molecule has 0 saturated heterocycles. The Hall–Kier alpha value is -2.66. The molecule has 1 atom stereocenters. The van der Waals surface area contributed by atoms with E-state index in [0.29, 0.717) is 17.8 Å². The molecule has 0 aromatic heterocycles. The Labute approximate surface area is 160 Å². The normalized spacial score (nSPS) is 15.3. The molecule has 0 spiro atoms. The summed E-state index contributed by atoms with van der Waals surface area (Å²) in [6.45, 7) is 2.38. The van der Waals surface area contributed by atoms with Crippen molar-refractivity contribution in [3.8, 4) is 0 Å². The number of anilines is 1. The molecule has 3 rings (SSSR count). The first-order valence-corrected chi connectivity index (χ1v) is 9.71. The second-order valence-corrected chi connectivity index (χ2v) is 7.19. The molecule has 27 heavy (non-hydrogen) atoms. The lowest BCUT2D eigenvalue weighted by atomic mass is 10.1. The number of hydrogen-bond donors (Lipinski definition) is 3. The van der Waals surface area contributed by atoms with E-state index >= 15 is 0 Å². The van der Waals surface area contributed by atoms with Gasteiger partial charge in [-0.2, -0.15) is 0 Å². The van der Waals surface area contributed by atoms with Crippen LogP contribution >= 0.6 is 0 Å². The van der Waals surface area contributed by atoms with E-state index in [-0.39, 0.29) is 23.9 Å². The molecular weight excluding hydrogens is 338 g/mol. The van der Waals surface area contributed by atoms with E-state index in [1.165, 1.54) is 18.4 Å². The first-order chi connectivity index (χ1) is 13.1. The van der Waals surface area contributed by atoms with Gasteiger partial charge in [-0.3, -0.25) is 9.59 Å². The molecule has 2 amide bonds. The zero-order chi connectivity index (χ0) is 19.1. The van der Waals surface area contributed by atoms with E-state index in [0.717, 1.165) is 12.8 Å². The molecule has 5 nitrogen and oxygen atoms in total. The highest BCUT2D eigenvalue weighted by atomic mass is 16.2. The lowest BCUT2D eigenvalue weighted by molar-refractivity contribution is -0.682. The summed E-state index contributed by atoms with van der Waals surface area (Å²) in [5.74, 6) is -0.224. The molecule has 1 aliphatic carbocycles. The van der Waals surface area contributed by atoms with Gasteiger partial charge in [0.1, 0.15) is 6.04 Å². The van der Waals surface area contributed by atoms with Gasteiger partial charge in [0.2, 0.25) is 0 Å². The topological polar surface area (TPSA) is 74.8 Å². The summed E-state index contributed by atoms with van der Waals surface area (Å²) in [5.41, 5.74) is 2.27. The lowest BCUT2D eigenvalue weighted by Gasteiger charge is -2.15. The summed E-state index contributed by atoms with van der Waals surface area (Å²) in [6.07, 6.45) is 4.40. The van der Waals surface area contributed by atoms with Crippen molar-refractivity contribution in [1.82, 2.24) is 5.32 Å². The molecule has 1 saturated carbocycles. The van der Waals surface area contributed by atoms with Crippen molar-refractivity contribution in [1.29, 1.82) is 0 Å². The van der Waals surface area contributed by atoms with Crippen LogP contribution in [0.2, 0.25) is 0 Å². The Morgan fingerprint density at radius 3 is 2.44 bits per heavy atom. The highest BCUT2D eigenvalue weighted by molar-refractivity contribution is 6.04. The minimum atomic E-state index is -0.112. The van der Waals surface area contributed by atoms with Gasteiger partial charge in [-0.05, 0) is 31.9 Å². The van der Waals surface area contributed by atoms with E-state index in [4.69, 9.17) is 0 Å². The Morgan fingerprint density at radius 1 is 1.04 bits per heavy atom. The zero-order valence-electron chi connectivity index (χ0n) is 15.8. The van der Waals surface area contributed by atoms with Gasteiger partial charge in [0.15, 0.2) is 6.54 Å². The molecule has 0 radical (unpaired) electrons. The van der Waals surface area contributed by atoms with Crippen LogP contribution < -0.4 is 16.0 Å². The van der Waals surface area contributed by atoms with E-state index in [1.807, 2.05) is 35.6 Å². The van der Waals surface area contributed by atoms with Crippen molar-refractivity contribution in [2.24, 2.45) is 0 Å². The highest BCUT2D eigenvalue weighted by Gasteiger charge is 2.20. The first kappa shape index (κ1) is 19.1. The van der Waals surface area contributed by atoms with Crippen molar-refractivity contribution in [3.05, 3.63) is 65.7 Å². The number of benzene rings is 2. The number of nitrogens with two attached hydrogens (primary N) is 1. The van der Waals surface area contributed by atoms with Crippen molar-refractivity contribution >= 4 is 17.5 Å². The monoisotopic (exact) mass is 366 g/mol. The predicted octanol–water partition coefficient (Wildman–Crippen LogP) is 2.62. The molecule has 0 unspecified atom stereocenters. The average Bonchev–Trinajstić information content (AvgIpc) is 3.20. The minimum absolute atomic E-state index is 0.112. The van der Waals surface area contributed by atoms with Crippen LogP contribution in [-0.2, 0) is 4.79 Å². The molecule has 0 aliphatic heterocycles. The highest BCUT2D eigenvalue weighted by Crippen LogP contribution is 2.20. The Balaban J connectivity index is 1.56. The third kappa shape index (κ3) is 5.41. The quantitative estimate of drug-likeness (QED) is 0.705. The fourth-order valence-corrected chi connectivity index (χ4v) is 3.50. The molecule has 1 aliphatic rings. The summed E-state index contributed by atoms with van der Waals surface area (Å²) >= 11 is 0. The molecular formula is C22H28N3O2+. The van der Waals surface area contributed by atoms with Gasteiger partial charge >= 0.3 is 0 Å². The SMILES string of the molecule is C[C@@H]([NH2+]CC(=O)Nc1ccccc1C(=O)NC1CCCC1)c1ccccc1. The predicted molar refractivity (Wildman–Crippen MR) is 106 cm³/mol. The third-order valence-electron chi connectivity index (χ3n) is 5.12. The summed E-state index contributed by atoms with van der Waals surface area (Å²) in [7, 11) is 0. The number of rotatable bonds is 7. The Kier molecular flexibility index (Phi) is 6.60. The van der Waals surface area contributed by atoms with Gasteiger partial charge in [0.25, 0.3) is 11.8 Å². The molecule has 0 heterocycles. The summed E-state index contributed by atoms with van der Waals surface area (Å²) in [5, 5.41) is 7.97. The third-order valence-corrected chi connectivity index (χ3v) is 5.12. The molecule has 0 bridgehead atoms. The number of carbonyl (C=O) groups excluding carboxylic acids is 2. The average molecular weight is 366 g/mol. The summed E-state index contributed by atoms with van der Waals surface area (Å²) in [4.78, 5) is 25.0. The minimum Gasteiger partial charge on any atom is -0.349 e. The van der Waals surface area contributed by atoms with E-state index < -0.39 is 0 Å². The number of quaternary nitrogens is 1. The first-order valence-electron chi connectivity index (χ1n) is 9.71. The van der Waals surface area contributed by atoms with E-state index in [1.54, 1.807) is 12.1 Å². The van der Waals surface area contributed by atoms with Crippen LogP contribution in [0.15, 0.2) is 54.6 Å². The Bertz CT molecular complexity index is 770. The number of carbonyl (C=O) groups is 2. The van der Waals surface area contributed by atoms with Crippen LogP contribution in [0, 0.1) is 0 Å². The Morgan fingerprint density at radius 2 is 1.70 bits per heavy atom. The zero-order valence-corrected chi connectivity index (χ0v) is 15.8. The van der Waals surface area contributed by atoms with Gasteiger partial charge in [-0.1, -0.05) is 55.3 Å². The van der Waals surface area contributed by atoms with E-state index in [9.17, 15) is 9.59 Å². The van der Waals surface area contributed by atoms with Gasteiger partial charge in [-0.25, -0.2) is 0 Å². The lowest BCUT2D eigenvalue weighted by Crippen LogP contribution is -2.86. The second kappa shape index (κ2) is 9.33. The van der Waals surface area contributed by atoms with Crippen molar-refractivity contribution in [2.45, 2.75) is 44.7 Å². The standard InChI is InChI=1S/C22H27N3O2/c1-16(17-9-3-2-4-10-17)23-15-21(26)25-20-14-8-7-13-19(20)22(27)24-18-11-5-6-12-18/h2-4,7-10,13-14,16,18,23H,5-6,11-12,15H2,1H3,(H,24,27)(H,25,26)/p+1/t16-/m1/s1. The largest absolute Gasteiger partial charge is 0.349 e. The molecule has 142 valence electrons. The van der Waals surface area contributed by atoms with Gasteiger partial charge in [-0.15, -0.1) is 0 Å². The molecule has 4 N–H and O–H groups in total. The summed E-state index contributed by atoms with van der Waals surface area (Å²) < 4.78 is 0. The van der Waals surface area contributed by atoms with Crippen molar-refractivity contribution in [3.63, 3.8) is 0 Å². The van der Waals surface area contributed by atoms with Crippen LogP contribution in [0.3, 0.4) is 0 Å². The van der Waals surface area contributed by atoms with Gasteiger partial charge in [0.05, 0.1) is 11.3 Å². The molecule has 2 aromatic carbocycles. The number of nitrogens with one attached hydrogen (secondary N) is 2. The van der Waals surface area contributed by atoms with Crippen LogP contribution in [0.25, 0.3) is 0 Å². The fourth-order valence-electron chi connectivity index (χ4n) is 3.50. The maximum atomic E-state index is 12.6. The summed E-state index contributed by atoms with van der Waals surface area (Å²) in [6, 6.07) is 17.7. The van der Waals surface area contributed by atoms with Gasteiger partial charge in [0, 0.05) is 11.6 Å². The van der Waals surface area contributed by atoms with E-state index in [2.05, 4.69) is 29.7 Å². The van der Waals surface area contributed by atoms with Crippen LogP contribution in [0.4, 0.5) is 5.69 Å². The second-order valence-electron chi connectivity index (χ2n) is 7.19. The maximum Gasteiger partial charge on any atom is 0.279 e. The maximum absolute atomic E-state index is 12.6. The van der Waals surface area contributed by atoms with Crippen LogP contribution in [-0.4, -0.2) is 24.4 Å². The molecule has 1 fully saturated rings. The number of hydrogen-bond acceptors (Lipinski definition) is 2. The fraction of sp³-hybridized carbons (Fsp3) is 0.364. The van der Waals surface area contributed by atoms with Crippen LogP contribution in [0.1, 0.15) is 54.6 Å². The molecule has 2 aromatic rings. The molecule has 5 heteroatoms. The van der Waals surface area contributed by atoms with Gasteiger partial charge < -0.3 is 16.0 Å². The smallest absolute Gasteiger partial charge is 0.279 e.